The van der Waals surface area contributed by atoms with Crippen LogP contribution in [0, 0.1) is 0 Å². The first-order valence-electron chi connectivity index (χ1n) is 6.48. The van der Waals surface area contributed by atoms with Crippen LogP contribution in [0.3, 0.4) is 0 Å². The van der Waals surface area contributed by atoms with Crippen molar-refractivity contribution in [3.63, 3.8) is 0 Å². The molecule has 1 aliphatic carbocycles. The molecule has 1 saturated carbocycles. The highest BCUT2D eigenvalue weighted by Crippen LogP contribution is 2.33. The van der Waals surface area contributed by atoms with Crippen LogP contribution in [0.15, 0.2) is 16.7 Å². The quantitative estimate of drug-likeness (QED) is 0.948. The minimum atomic E-state index is 0.636. The van der Waals surface area contributed by atoms with Crippen molar-refractivity contribution in [2.75, 3.05) is 7.05 Å². The molecule has 0 unspecified atom stereocenters. The topological polar surface area (TPSA) is 42.2 Å². The fourth-order valence-corrected chi connectivity index (χ4v) is 3.18. The molecule has 2 aromatic heterocycles. The molecule has 0 aromatic carbocycles. The summed E-state index contributed by atoms with van der Waals surface area (Å²) in [5.41, 5.74) is 3.12. The van der Waals surface area contributed by atoms with Crippen LogP contribution in [0.1, 0.15) is 43.0 Å². The Morgan fingerprint density at radius 2 is 2.17 bits per heavy atom. The van der Waals surface area contributed by atoms with Gasteiger partial charge in [-0.15, -0.1) is 0 Å². The summed E-state index contributed by atoms with van der Waals surface area (Å²) < 4.78 is 2.88. The summed E-state index contributed by atoms with van der Waals surface area (Å²) in [5.74, 6) is 0.636. The maximum absolute atomic E-state index is 4.74. The largest absolute Gasteiger partial charge is 0.314 e. The fourth-order valence-electron chi connectivity index (χ4n) is 2.69. The van der Waals surface area contributed by atoms with Crippen molar-refractivity contribution < 1.29 is 0 Å². The van der Waals surface area contributed by atoms with Crippen LogP contribution in [-0.4, -0.2) is 21.6 Å². The van der Waals surface area contributed by atoms with E-state index in [1.54, 1.807) is 0 Å². The zero-order valence-electron chi connectivity index (χ0n) is 10.5. The van der Waals surface area contributed by atoms with E-state index >= 15 is 0 Å². The van der Waals surface area contributed by atoms with Gasteiger partial charge in [-0.2, -0.15) is 5.10 Å². The van der Waals surface area contributed by atoms with Crippen molar-refractivity contribution in [1.82, 2.24) is 19.9 Å². The van der Waals surface area contributed by atoms with Crippen molar-refractivity contribution in [3.05, 3.63) is 28.1 Å². The van der Waals surface area contributed by atoms with E-state index in [4.69, 9.17) is 5.10 Å². The molecule has 5 heteroatoms. The lowest BCUT2D eigenvalue weighted by Gasteiger charge is -2.08. The number of nitrogens with one attached hydrogen (secondary N) is 1. The smallest absolute Gasteiger partial charge is 0.155 e. The average Bonchev–Trinajstić information content (AvgIpc) is 3.00. The summed E-state index contributed by atoms with van der Waals surface area (Å²) in [6, 6.07) is 4.21. The molecule has 4 nitrogen and oxygen atoms in total. The van der Waals surface area contributed by atoms with Gasteiger partial charge in [0.25, 0.3) is 0 Å². The van der Waals surface area contributed by atoms with E-state index in [0.29, 0.717) is 5.92 Å². The molecule has 1 fully saturated rings. The Morgan fingerprint density at radius 3 is 2.89 bits per heavy atom. The van der Waals surface area contributed by atoms with Gasteiger partial charge in [0.1, 0.15) is 4.60 Å². The van der Waals surface area contributed by atoms with Gasteiger partial charge in [0.2, 0.25) is 0 Å². The van der Waals surface area contributed by atoms with Gasteiger partial charge >= 0.3 is 0 Å². The second kappa shape index (κ2) is 4.97. The normalized spacial score (nSPS) is 16.8. The molecule has 1 N–H and O–H groups in total. The third-order valence-electron chi connectivity index (χ3n) is 3.63. The Labute approximate surface area is 115 Å². The maximum Gasteiger partial charge on any atom is 0.155 e. The predicted molar refractivity (Wildman–Crippen MR) is 74.7 cm³/mol. The number of aromatic nitrogens is 3. The van der Waals surface area contributed by atoms with E-state index in [-0.39, 0.29) is 0 Å². The monoisotopic (exact) mass is 308 g/mol. The van der Waals surface area contributed by atoms with E-state index in [0.717, 1.165) is 22.5 Å². The SMILES string of the molecule is CNCc1nc2ccc(C3CCCC3)nn2c1Br. The first-order valence-corrected chi connectivity index (χ1v) is 7.27. The summed E-state index contributed by atoms with van der Waals surface area (Å²) in [6.07, 6.45) is 5.21. The van der Waals surface area contributed by atoms with Crippen molar-refractivity contribution in [2.45, 2.75) is 38.1 Å². The molecule has 0 spiro atoms. The lowest BCUT2D eigenvalue weighted by Crippen LogP contribution is -2.06. The van der Waals surface area contributed by atoms with Gasteiger partial charge in [-0.1, -0.05) is 12.8 Å². The Balaban J connectivity index is 2.02. The number of rotatable bonds is 3. The highest BCUT2D eigenvalue weighted by atomic mass is 79.9. The van der Waals surface area contributed by atoms with Crippen LogP contribution in [0.25, 0.3) is 5.65 Å². The van der Waals surface area contributed by atoms with E-state index in [2.05, 4.69) is 38.4 Å². The molecule has 0 aliphatic heterocycles. The number of nitrogens with zero attached hydrogens (tertiary/aromatic N) is 3. The third-order valence-corrected chi connectivity index (χ3v) is 4.42. The van der Waals surface area contributed by atoms with Crippen LogP contribution in [0.5, 0.6) is 0 Å². The number of hydrogen-bond donors (Lipinski definition) is 1. The van der Waals surface area contributed by atoms with Gasteiger partial charge in [-0.05, 0) is 48.0 Å². The maximum atomic E-state index is 4.74. The molecule has 2 heterocycles. The van der Waals surface area contributed by atoms with Gasteiger partial charge < -0.3 is 5.32 Å². The summed E-state index contributed by atoms with van der Waals surface area (Å²) >= 11 is 3.59. The molecule has 0 amide bonds. The van der Waals surface area contributed by atoms with Crippen LogP contribution in [-0.2, 0) is 6.54 Å². The third kappa shape index (κ3) is 2.06. The number of fused-ring (bicyclic) bond motifs is 1. The summed E-state index contributed by atoms with van der Waals surface area (Å²) in [4.78, 5) is 4.56. The molecular formula is C13H17BrN4. The molecule has 96 valence electrons. The molecular weight excluding hydrogens is 292 g/mol. The Hall–Kier alpha value is -0.940. The van der Waals surface area contributed by atoms with Gasteiger partial charge in [-0.3, -0.25) is 0 Å². The molecule has 0 radical (unpaired) electrons. The molecule has 0 saturated heterocycles. The van der Waals surface area contributed by atoms with Crippen LogP contribution < -0.4 is 5.32 Å². The second-order valence-corrected chi connectivity index (χ2v) is 5.64. The highest BCUT2D eigenvalue weighted by Gasteiger charge is 2.20. The fraction of sp³-hybridized carbons (Fsp3) is 0.538. The molecule has 0 atom stereocenters. The zero-order valence-corrected chi connectivity index (χ0v) is 12.1. The van der Waals surface area contributed by atoms with Gasteiger partial charge in [-0.25, -0.2) is 9.50 Å². The molecule has 2 aromatic rings. The van der Waals surface area contributed by atoms with Crippen LogP contribution >= 0.6 is 15.9 Å². The summed E-state index contributed by atoms with van der Waals surface area (Å²) in [6.45, 7) is 0.753. The number of halogens is 1. The van der Waals surface area contributed by atoms with Crippen LogP contribution in [0.4, 0.5) is 0 Å². The van der Waals surface area contributed by atoms with Crippen molar-refractivity contribution in [3.8, 4) is 0 Å². The zero-order chi connectivity index (χ0) is 12.5. The Kier molecular flexibility index (Phi) is 3.35. The minimum absolute atomic E-state index is 0.636. The van der Waals surface area contributed by atoms with Gasteiger partial charge in [0.15, 0.2) is 5.65 Å². The predicted octanol–water partition coefficient (Wildman–Crippen LogP) is 2.87. The molecule has 18 heavy (non-hydrogen) atoms. The lowest BCUT2D eigenvalue weighted by molar-refractivity contribution is 0.668. The van der Waals surface area contributed by atoms with E-state index in [1.165, 1.54) is 31.4 Å². The number of hydrogen-bond acceptors (Lipinski definition) is 3. The van der Waals surface area contributed by atoms with Gasteiger partial charge in [0.05, 0.1) is 11.4 Å². The molecule has 1 aliphatic rings. The second-order valence-electron chi connectivity index (χ2n) is 4.89. The van der Waals surface area contributed by atoms with Crippen molar-refractivity contribution in [1.29, 1.82) is 0 Å². The van der Waals surface area contributed by atoms with E-state index in [1.807, 2.05) is 11.6 Å². The van der Waals surface area contributed by atoms with E-state index < -0.39 is 0 Å². The first kappa shape index (κ1) is 12.1. The van der Waals surface area contributed by atoms with Crippen molar-refractivity contribution >= 4 is 21.6 Å². The van der Waals surface area contributed by atoms with Crippen LogP contribution in [0.2, 0.25) is 0 Å². The molecule has 0 bridgehead atoms. The molecule has 3 rings (SSSR count). The average molecular weight is 309 g/mol. The first-order chi connectivity index (χ1) is 8.79. The summed E-state index contributed by atoms with van der Waals surface area (Å²) in [7, 11) is 1.92. The Bertz CT molecular complexity index is 557. The summed E-state index contributed by atoms with van der Waals surface area (Å²) in [5, 5.41) is 7.86. The standard InChI is InChI=1S/C13H17BrN4/c1-15-8-11-13(14)18-12(16-11)7-6-10(17-18)9-4-2-3-5-9/h6-7,9,15H,2-5,8H2,1H3. The Morgan fingerprint density at radius 1 is 1.39 bits per heavy atom. The minimum Gasteiger partial charge on any atom is -0.314 e. The number of imidazole rings is 1. The van der Waals surface area contributed by atoms with Gasteiger partial charge in [0, 0.05) is 12.5 Å². The van der Waals surface area contributed by atoms with E-state index in [9.17, 15) is 0 Å². The highest BCUT2D eigenvalue weighted by molar-refractivity contribution is 9.10. The lowest BCUT2D eigenvalue weighted by atomic mass is 10.0. The van der Waals surface area contributed by atoms with Crippen molar-refractivity contribution in [2.24, 2.45) is 0 Å².